The second-order valence-electron chi connectivity index (χ2n) is 7.78. The molecule has 0 aromatic heterocycles. The normalized spacial score (nSPS) is 15.5. The molecule has 4 rings (SSSR count). The molecular weight excluding hydrogens is 370 g/mol. The van der Waals surface area contributed by atoms with Gasteiger partial charge in [0.2, 0.25) is 0 Å². The number of nitrogens with zero attached hydrogens (tertiary/aromatic N) is 2. The van der Waals surface area contributed by atoms with E-state index in [9.17, 15) is 4.79 Å². The fourth-order valence-corrected chi connectivity index (χ4v) is 4.09. The van der Waals surface area contributed by atoms with E-state index in [0.717, 1.165) is 38.2 Å². The maximum Gasteiger partial charge on any atom is 0.317 e. The van der Waals surface area contributed by atoms with Crippen LogP contribution in [0.1, 0.15) is 22.7 Å². The zero-order valence-corrected chi connectivity index (χ0v) is 17.3. The molecule has 0 spiro atoms. The third kappa shape index (κ3) is 5.28. The van der Waals surface area contributed by atoms with Crippen LogP contribution in [0.25, 0.3) is 0 Å². The topological polar surface area (TPSA) is 35.6 Å². The largest absolute Gasteiger partial charge is 0.334 e. The summed E-state index contributed by atoms with van der Waals surface area (Å²) in [5.41, 5.74) is 3.80. The molecule has 1 N–H and O–H groups in total. The zero-order valence-electron chi connectivity index (χ0n) is 17.3. The van der Waals surface area contributed by atoms with Gasteiger partial charge >= 0.3 is 6.03 Å². The van der Waals surface area contributed by atoms with Crippen molar-refractivity contribution in [1.29, 1.82) is 0 Å². The standard InChI is InChI=1S/C26H29N3O/c30-26(27-21-23-12-6-2-7-13-23)29-18-16-28(17-19-29)25(24-14-8-3-9-15-24)20-22-10-4-1-5-11-22/h1-15,25H,16-21H2,(H,27,30). The van der Waals surface area contributed by atoms with Crippen molar-refractivity contribution in [2.24, 2.45) is 0 Å². The van der Waals surface area contributed by atoms with E-state index in [2.05, 4.69) is 70.9 Å². The maximum absolute atomic E-state index is 12.6. The van der Waals surface area contributed by atoms with Crippen molar-refractivity contribution in [3.05, 3.63) is 108 Å². The number of amides is 2. The van der Waals surface area contributed by atoms with Crippen LogP contribution in [0.3, 0.4) is 0 Å². The lowest BCUT2D eigenvalue weighted by atomic mass is 9.96. The average molecular weight is 400 g/mol. The molecule has 0 aliphatic carbocycles. The van der Waals surface area contributed by atoms with Crippen LogP contribution in [0, 0.1) is 0 Å². The minimum Gasteiger partial charge on any atom is -0.334 e. The predicted molar refractivity (Wildman–Crippen MR) is 121 cm³/mol. The molecule has 0 radical (unpaired) electrons. The van der Waals surface area contributed by atoms with Gasteiger partial charge in [-0.15, -0.1) is 0 Å². The van der Waals surface area contributed by atoms with Crippen LogP contribution >= 0.6 is 0 Å². The molecular formula is C26H29N3O. The lowest BCUT2D eigenvalue weighted by Gasteiger charge is -2.39. The minimum atomic E-state index is 0.0258. The number of carbonyl (C=O) groups is 1. The number of hydrogen-bond donors (Lipinski definition) is 1. The molecule has 1 aliphatic rings. The summed E-state index contributed by atoms with van der Waals surface area (Å²) in [6, 6.07) is 31.8. The van der Waals surface area contributed by atoms with E-state index in [-0.39, 0.29) is 6.03 Å². The summed E-state index contributed by atoms with van der Waals surface area (Å²) < 4.78 is 0. The second-order valence-corrected chi connectivity index (χ2v) is 7.78. The first kappa shape index (κ1) is 20.2. The Morgan fingerprint density at radius 2 is 1.27 bits per heavy atom. The number of rotatable bonds is 6. The van der Waals surface area contributed by atoms with Crippen LogP contribution < -0.4 is 5.32 Å². The molecule has 30 heavy (non-hydrogen) atoms. The second kappa shape index (κ2) is 10.1. The van der Waals surface area contributed by atoms with Gasteiger partial charge in [-0.05, 0) is 23.1 Å². The van der Waals surface area contributed by atoms with Crippen LogP contribution in [0.4, 0.5) is 4.79 Å². The highest BCUT2D eigenvalue weighted by Gasteiger charge is 2.27. The van der Waals surface area contributed by atoms with E-state index >= 15 is 0 Å². The average Bonchev–Trinajstić information content (AvgIpc) is 2.83. The maximum atomic E-state index is 12.6. The van der Waals surface area contributed by atoms with Gasteiger partial charge in [-0.3, -0.25) is 4.90 Å². The fraction of sp³-hybridized carbons (Fsp3) is 0.269. The molecule has 0 bridgehead atoms. The first-order valence-electron chi connectivity index (χ1n) is 10.7. The lowest BCUT2D eigenvalue weighted by Crippen LogP contribution is -2.52. The Balaban J connectivity index is 1.37. The Hall–Kier alpha value is -3.11. The lowest BCUT2D eigenvalue weighted by molar-refractivity contribution is 0.107. The molecule has 1 atom stereocenters. The zero-order chi connectivity index (χ0) is 20.6. The van der Waals surface area contributed by atoms with Crippen molar-refractivity contribution in [1.82, 2.24) is 15.1 Å². The van der Waals surface area contributed by atoms with Crippen LogP contribution in [0.15, 0.2) is 91.0 Å². The van der Waals surface area contributed by atoms with Crippen LogP contribution in [0.5, 0.6) is 0 Å². The number of piperazine rings is 1. The Morgan fingerprint density at radius 1 is 0.733 bits per heavy atom. The third-order valence-electron chi connectivity index (χ3n) is 5.79. The summed E-state index contributed by atoms with van der Waals surface area (Å²) in [5.74, 6) is 0. The van der Waals surface area contributed by atoms with Gasteiger partial charge in [0.15, 0.2) is 0 Å². The highest BCUT2D eigenvalue weighted by Crippen LogP contribution is 2.26. The van der Waals surface area contributed by atoms with Crippen LogP contribution in [0.2, 0.25) is 0 Å². The van der Waals surface area contributed by atoms with Gasteiger partial charge in [-0.2, -0.15) is 0 Å². The summed E-state index contributed by atoms with van der Waals surface area (Å²) in [6.07, 6.45) is 0.977. The molecule has 1 unspecified atom stereocenters. The molecule has 1 fully saturated rings. The Bertz CT molecular complexity index is 907. The smallest absolute Gasteiger partial charge is 0.317 e. The van der Waals surface area contributed by atoms with Gasteiger partial charge in [-0.25, -0.2) is 4.79 Å². The van der Waals surface area contributed by atoms with Crippen molar-refractivity contribution in [3.8, 4) is 0 Å². The number of hydrogen-bond acceptors (Lipinski definition) is 2. The van der Waals surface area contributed by atoms with Crippen molar-refractivity contribution in [3.63, 3.8) is 0 Å². The molecule has 4 nitrogen and oxygen atoms in total. The van der Waals surface area contributed by atoms with Gasteiger partial charge < -0.3 is 10.2 Å². The number of nitrogens with one attached hydrogen (secondary N) is 1. The first-order valence-corrected chi connectivity index (χ1v) is 10.7. The van der Waals surface area contributed by atoms with Gasteiger partial charge in [0.25, 0.3) is 0 Å². The van der Waals surface area contributed by atoms with Crippen molar-refractivity contribution in [2.75, 3.05) is 26.2 Å². The number of carbonyl (C=O) groups excluding carboxylic acids is 1. The molecule has 4 heteroatoms. The van der Waals surface area contributed by atoms with Gasteiger partial charge in [0.05, 0.1) is 0 Å². The van der Waals surface area contributed by atoms with E-state index in [1.807, 2.05) is 35.2 Å². The van der Waals surface area contributed by atoms with Crippen molar-refractivity contribution in [2.45, 2.75) is 19.0 Å². The van der Waals surface area contributed by atoms with E-state index in [0.29, 0.717) is 12.6 Å². The van der Waals surface area contributed by atoms with Crippen LogP contribution in [-0.2, 0) is 13.0 Å². The molecule has 154 valence electrons. The Kier molecular flexibility index (Phi) is 6.78. The Morgan fingerprint density at radius 3 is 1.87 bits per heavy atom. The monoisotopic (exact) mass is 399 g/mol. The summed E-state index contributed by atoms with van der Waals surface area (Å²) in [5, 5.41) is 3.05. The minimum absolute atomic E-state index is 0.0258. The number of benzene rings is 3. The summed E-state index contributed by atoms with van der Waals surface area (Å²) >= 11 is 0. The quantitative estimate of drug-likeness (QED) is 0.663. The molecule has 0 saturated carbocycles. The highest BCUT2D eigenvalue weighted by molar-refractivity contribution is 5.74. The van der Waals surface area contributed by atoms with Crippen molar-refractivity contribution >= 4 is 6.03 Å². The predicted octanol–water partition coefficient (Wildman–Crippen LogP) is 4.50. The van der Waals surface area contributed by atoms with E-state index in [1.54, 1.807) is 0 Å². The van der Waals surface area contributed by atoms with Crippen LogP contribution in [-0.4, -0.2) is 42.0 Å². The van der Waals surface area contributed by atoms with Gasteiger partial charge in [0, 0.05) is 38.8 Å². The summed E-state index contributed by atoms with van der Waals surface area (Å²) in [7, 11) is 0. The fourth-order valence-electron chi connectivity index (χ4n) is 4.09. The number of urea groups is 1. The molecule has 3 aromatic rings. The van der Waals surface area contributed by atoms with Gasteiger partial charge in [0.1, 0.15) is 0 Å². The summed E-state index contributed by atoms with van der Waals surface area (Å²) in [6.45, 7) is 3.83. The SMILES string of the molecule is O=C(NCc1ccccc1)N1CCN(C(Cc2ccccc2)c2ccccc2)CC1. The molecule has 1 aliphatic heterocycles. The molecule has 3 aromatic carbocycles. The van der Waals surface area contributed by atoms with E-state index in [1.165, 1.54) is 11.1 Å². The molecule has 1 saturated heterocycles. The van der Waals surface area contributed by atoms with Gasteiger partial charge in [-0.1, -0.05) is 91.0 Å². The Labute approximate surface area is 179 Å². The summed E-state index contributed by atoms with van der Waals surface area (Å²) in [4.78, 5) is 17.1. The highest BCUT2D eigenvalue weighted by atomic mass is 16.2. The van der Waals surface area contributed by atoms with Crippen molar-refractivity contribution < 1.29 is 4.79 Å². The molecule has 2 amide bonds. The van der Waals surface area contributed by atoms with E-state index in [4.69, 9.17) is 0 Å². The first-order chi connectivity index (χ1) is 14.8. The molecule has 1 heterocycles. The third-order valence-corrected chi connectivity index (χ3v) is 5.79. The van der Waals surface area contributed by atoms with E-state index < -0.39 is 0 Å².